The summed E-state index contributed by atoms with van der Waals surface area (Å²) in [4.78, 5) is 0. The van der Waals surface area contributed by atoms with Gasteiger partial charge in [0.05, 0.1) is 12.0 Å². The van der Waals surface area contributed by atoms with Crippen LogP contribution in [0.5, 0.6) is 11.5 Å². The molecule has 0 aliphatic rings. The van der Waals surface area contributed by atoms with Gasteiger partial charge in [0.1, 0.15) is 17.6 Å². The Labute approximate surface area is 151 Å². The van der Waals surface area contributed by atoms with Crippen LogP contribution >= 0.6 is 11.6 Å². The normalized spacial score (nSPS) is 13.7. The van der Waals surface area contributed by atoms with Gasteiger partial charge in [-0.25, -0.2) is 0 Å². The molecule has 0 spiro atoms. The van der Waals surface area contributed by atoms with Crippen molar-refractivity contribution in [2.75, 3.05) is 6.61 Å². The van der Waals surface area contributed by atoms with Crippen LogP contribution in [0.3, 0.4) is 0 Å². The Kier molecular flexibility index (Phi) is 7.23. The van der Waals surface area contributed by atoms with Crippen LogP contribution in [0, 0.1) is 6.92 Å². The minimum absolute atomic E-state index is 0.00335. The highest BCUT2D eigenvalue weighted by molar-refractivity contribution is 6.21. The van der Waals surface area contributed by atoms with Gasteiger partial charge in [-0.15, -0.1) is 11.6 Å². The van der Waals surface area contributed by atoms with Crippen LogP contribution in [0.1, 0.15) is 52.0 Å². The van der Waals surface area contributed by atoms with Crippen LogP contribution in [0.15, 0.2) is 30.3 Å². The molecule has 0 aliphatic heterocycles. The lowest BCUT2D eigenvalue weighted by atomic mass is 10.0. The average molecular weight is 349 g/mol. The number of benzene rings is 2. The summed E-state index contributed by atoms with van der Waals surface area (Å²) in [5.41, 5.74) is 1.19. The fourth-order valence-corrected chi connectivity index (χ4v) is 2.88. The van der Waals surface area contributed by atoms with E-state index in [1.165, 1.54) is 29.2 Å². The van der Waals surface area contributed by atoms with Crippen LogP contribution in [0.2, 0.25) is 0 Å². The molecule has 0 fully saturated rings. The van der Waals surface area contributed by atoms with E-state index in [4.69, 9.17) is 21.1 Å². The lowest BCUT2D eigenvalue weighted by Crippen LogP contribution is -2.23. The van der Waals surface area contributed by atoms with Gasteiger partial charge in [-0.2, -0.15) is 0 Å². The number of hydrogen-bond donors (Lipinski definition) is 0. The number of rotatable bonds is 9. The van der Waals surface area contributed by atoms with Crippen LogP contribution in [-0.2, 0) is 0 Å². The summed E-state index contributed by atoms with van der Waals surface area (Å²) in [5.74, 6) is 1.84. The van der Waals surface area contributed by atoms with Crippen LogP contribution in [0.25, 0.3) is 10.8 Å². The summed E-state index contributed by atoms with van der Waals surface area (Å²) < 4.78 is 11.9. The van der Waals surface area contributed by atoms with E-state index in [-0.39, 0.29) is 11.5 Å². The zero-order valence-corrected chi connectivity index (χ0v) is 16.0. The maximum Gasteiger partial charge on any atom is 0.122 e. The maximum atomic E-state index is 6.26. The van der Waals surface area contributed by atoms with Crippen LogP contribution in [-0.4, -0.2) is 18.1 Å². The number of hydrogen-bond acceptors (Lipinski definition) is 2. The number of aryl methyl sites for hydroxylation is 1. The van der Waals surface area contributed by atoms with Crippen molar-refractivity contribution in [1.29, 1.82) is 0 Å². The highest BCUT2D eigenvalue weighted by Gasteiger charge is 2.14. The van der Waals surface area contributed by atoms with Crippen LogP contribution in [0.4, 0.5) is 0 Å². The molecule has 0 heterocycles. The van der Waals surface area contributed by atoms with Gasteiger partial charge in [-0.05, 0) is 61.2 Å². The average Bonchev–Trinajstić information content (AvgIpc) is 2.59. The molecule has 3 heteroatoms. The third-order valence-corrected chi connectivity index (χ3v) is 5.10. The molecular formula is C21H29ClO2. The van der Waals surface area contributed by atoms with Crippen molar-refractivity contribution in [3.8, 4) is 11.5 Å². The van der Waals surface area contributed by atoms with Crippen molar-refractivity contribution in [2.24, 2.45) is 0 Å². The first-order valence-electron chi connectivity index (χ1n) is 9.03. The molecule has 24 heavy (non-hydrogen) atoms. The lowest BCUT2D eigenvalue weighted by Gasteiger charge is -2.19. The summed E-state index contributed by atoms with van der Waals surface area (Å²) in [6.07, 6.45) is 4.42. The van der Waals surface area contributed by atoms with Gasteiger partial charge < -0.3 is 9.47 Å². The molecule has 0 aliphatic carbocycles. The van der Waals surface area contributed by atoms with E-state index in [1.54, 1.807) is 0 Å². The molecule has 0 bridgehead atoms. The van der Waals surface area contributed by atoms with Gasteiger partial charge in [0.2, 0.25) is 0 Å². The monoisotopic (exact) mass is 348 g/mol. The minimum atomic E-state index is -0.00335. The fourth-order valence-electron chi connectivity index (χ4n) is 2.83. The molecule has 2 rings (SSSR count). The molecule has 2 nitrogen and oxygen atoms in total. The van der Waals surface area contributed by atoms with Gasteiger partial charge in [0, 0.05) is 0 Å². The van der Waals surface area contributed by atoms with Crippen molar-refractivity contribution in [3.63, 3.8) is 0 Å². The second kappa shape index (κ2) is 9.17. The Morgan fingerprint density at radius 1 is 1.08 bits per heavy atom. The molecule has 0 saturated carbocycles. The summed E-state index contributed by atoms with van der Waals surface area (Å²) in [6.45, 7) is 9.20. The Morgan fingerprint density at radius 3 is 2.58 bits per heavy atom. The lowest BCUT2D eigenvalue weighted by molar-refractivity contribution is 0.214. The second-order valence-electron chi connectivity index (χ2n) is 6.37. The molecule has 2 aromatic rings. The Bertz CT molecular complexity index is 654. The Hall–Kier alpha value is -1.41. The van der Waals surface area contributed by atoms with E-state index in [1.807, 2.05) is 13.0 Å². The summed E-state index contributed by atoms with van der Waals surface area (Å²) >= 11 is 6.26. The van der Waals surface area contributed by atoms with Crippen LogP contribution < -0.4 is 9.47 Å². The number of fused-ring (bicyclic) bond motifs is 1. The Morgan fingerprint density at radius 2 is 1.88 bits per heavy atom. The SMILES string of the molecule is CCCCCOc1ccc2cc(OC(C)C(Cl)CC)ccc2c1C. The van der Waals surface area contributed by atoms with Gasteiger partial charge in [-0.3, -0.25) is 0 Å². The predicted octanol–water partition coefficient (Wildman–Crippen LogP) is 6.50. The highest BCUT2D eigenvalue weighted by atomic mass is 35.5. The maximum absolute atomic E-state index is 6.26. The molecule has 0 amide bonds. The number of alkyl halides is 1. The first-order valence-corrected chi connectivity index (χ1v) is 9.47. The smallest absolute Gasteiger partial charge is 0.122 e. The van der Waals surface area contributed by atoms with Crippen molar-refractivity contribution in [1.82, 2.24) is 0 Å². The fraction of sp³-hybridized carbons (Fsp3) is 0.524. The summed E-state index contributed by atoms with van der Waals surface area (Å²) in [7, 11) is 0. The molecule has 0 N–H and O–H groups in total. The van der Waals surface area contributed by atoms with Gasteiger partial charge in [-0.1, -0.05) is 38.8 Å². The van der Waals surface area contributed by atoms with Crippen molar-refractivity contribution in [2.45, 2.75) is 64.9 Å². The van der Waals surface area contributed by atoms with Gasteiger partial charge in [0.25, 0.3) is 0 Å². The predicted molar refractivity (Wildman–Crippen MR) is 104 cm³/mol. The van der Waals surface area contributed by atoms with E-state index in [9.17, 15) is 0 Å². The first-order chi connectivity index (χ1) is 11.6. The van der Waals surface area contributed by atoms with Gasteiger partial charge in [0.15, 0.2) is 0 Å². The molecule has 132 valence electrons. The first kappa shape index (κ1) is 18.9. The third kappa shape index (κ3) is 4.80. The number of ether oxygens (including phenoxy) is 2. The Balaban J connectivity index is 2.13. The molecule has 2 aromatic carbocycles. The van der Waals surface area contributed by atoms with E-state index < -0.39 is 0 Å². The van der Waals surface area contributed by atoms with E-state index >= 15 is 0 Å². The largest absolute Gasteiger partial charge is 0.493 e. The minimum Gasteiger partial charge on any atom is -0.493 e. The van der Waals surface area contributed by atoms with Crippen molar-refractivity contribution < 1.29 is 9.47 Å². The highest BCUT2D eigenvalue weighted by Crippen LogP contribution is 2.30. The zero-order valence-electron chi connectivity index (χ0n) is 15.3. The standard InChI is InChI=1S/C21H29ClO2/c1-5-7-8-13-23-21-12-9-17-14-18(10-11-19(17)15(21)3)24-16(4)20(22)6-2/h9-12,14,16,20H,5-8,13H2,1-4H3. The second-order valence-corrected chi connectivity index (χ2v) is 6.94. The van der Waals surface area contributed by atoms with E-state index in [0.717, 1.165) is 30.9 Å². The van der Waals surface area contributed by atoms with Crippen molar-refractivity contribution in [3.05, 3.63) is 35.9 Å². The molecule has 2 atom stereocenters. The molecular weight excluding hydrogens is 320 g/mol. The summed E-state index contributed by atoms with van der Waals surface area (Å²) in [6, 6.07) is 10.4. The van der Waals surface area contributed by atoms with Crippen molar-refractivity contribution >= 4 is 22.4 Å². The van der Waals surface area contributed by atoms with Gasteiger partial charge >= 0.3 is 0 Å². The topological polar surface area (TPSA) is 18.5 Å². The number of unbranched alkanes of at least 4 members (excludes halogenated alkanes) is 2. The molecule has 0 saturated heterocycles. The molecule has 0 aromatic heterocycles. The quantitative estimate of drug-likeness (QED) is 0.380. The van der Waals surface area contributed by atoms with E-state index in [0.29, 0.717) is 0 Å². The number of halogens is 1. The molecule has 0 radical (unpaired) electrons. The third-order valence-electron chi connectivity index (χ3n) is 4.44. The van der Waals surface area contributed by atoms with E-state index in [2.05, 4.69) is 45.0 Å². The molecule has 2 unspecified atom stereocenters. The summed E-state index contributed by atoms with van der Waals surface area (Å²) in [5, 5.41) is 2.41. The zero-order chi connectivity index (χ0) is 17.5.